The fourth-order valence-corrected chi connectivity index (χ4v) is 2.82. The monoisotopic (exact) mass is 303 g/mol. The Labute approximate surface area is 132 Å². The molecule has 1 N–H and O–H groups in total. The molecule has 0 heterocycles. The number of benzene rings is 2. The van der Waals surface area contributed by atoms with Crippen LogP contribution >= 0.6 is 11.8 Å². The van der Waals surface area contributed by atoms with Crippen molar-refractivity contribution in [3.63, 3.8) is 0 Å². The Hall–Kier alpha value is -1.19. The van der Waals surface area contributed by atoms with Crippen LogP contribution in [0.15, 0.2) is 36.4 Å². The lowest BCUT2D eigenvalue weighted by molar-refractivity contribution is 0.315. The maximum Gasteiger partial charge on any atom is 0.124 e. The lowest BCUT2D eigenvalue weighted by atomic mass is 10.0. The van der Waals surface area contributed by atoms with E-state index in [9.17, 15) is 0 Å². The third kappa shape index (κ3) is 4.65. The van der Waals surface area contributed by atoms with Crippen molar-refractivity contribution in [1.29, 1.82) is 0 Å². The predicted molar refractivity (Wildman–Crippen MR) is 94.4 cm³/mol. The van der Waals surface area contributed by atoms with Crippen LogP contribution in [0.25, 0.3) is 10.8 Å². The van der Waals surface area contributed by atoms with Crippen molar-refractivity contribution in [2.45, 2.75) is 26.3 Å². The SMILES string of the molecule is CCCNCc1c(OCCCSC)ccc2ccccc12. The summed E-state index contributed by atoms with van der Waals surface area (Å²) in [6.07, 6.45) is 4.38. The van der Waals surface area contributed by atoms with Gasteiger partial charge in [0.25, 0.3) is 0 Å². The van der Waals surface area contributed by atoms with E-state index in [1.807, 2.05) is 11.8 Å². The van der Waals surface area contributed by atoms with Gasteiger partial charge in [0.1, 0.15) is 5.75 Å². The number of ether oxygens (including phenoxy) is 1. The first-order valence-electron chi connectivity index (χ1n) is 7.70. The molecule has 2 aromatic rings. The summed E-state index contributed by atoms with van der Waals surface area (Å²) < 4.78 is 6.02. The van der Waals surface area contributed by atoms with Gasteiger partial charge in [0.2, 0.25) is 0 Å². The van der Waals surface area contributed by atoms with Crippen LogP contribution < -0.4 is 10.1 Å². The molecule has 0 saturated carbocycles. The van der Waals surface area contributed by atoms with Gasteiger partial charge < -0.3 is 10.1 Å². The summed E-state index contributed by atoms with van der Waals surface area (Å²) in [6, 6.07) is 12.8. The summed E-state index contributed by atoms with van der Waals surface area (Å²) in [5.41, 5.74) is 1.28. The van der Waals surface area contributed by atoms with Crippen LogP contribution in [0.4, 0.5) is 0 Å². The average Bonchev–Trinajstić information content (AvgIpc) is 2.53. The van der Waals surface area contributed by atoms with Crippen molar-refractivity contribution in [2.24, 2.45) is 0 Å². The number of hydrogen-bond donors (Lipinski definition) is 1. The molecule has 114 valence electrons. The van der Waals surface area contributed by atoms with E-state index in [0.29, 0.717) is 0 Å². The van der Waals surface area contributed by atoms with E-state index < -0.39 is 0 Å². The molecule has 0 bridgehead atoms. The highest BCUT2D eigenvalue weighted by molar-refractivity contribution is 7.98. The van der Waals surface area contributed by atoms with E-state index in [1.165, 1.54) is 16.3 Å². The van der Waals surface area contributed by atoms with Crippen LogP contribution in [0, 0.1) is 0 Å². The summed E-state index contributed by atoms with van der Waals surface area (Å²) >= 11 is 1.87. The highest BCUT2D eigenvalue weighted by atomic mass is 32.2. The third-order valence-electron chi connectivity index (χ3n) is 3.48. The fraction of sp³-hybridized carbons (Fsp3) is 0.444. The molecule has 0 atom stereocenters. The van der Waals surface area contributed by atoms with Crippen LogP contribution in [-0.4, -0.2) is 25.2 Å². The van der Waals surface area contributed by atoms with Gasteiger partial charge in [0.15, 0.2) is 0 Å². The first-order valence-corrected chi connectivity index (χ1v) is 9.09. The minimum absolute atomic E-state index is 0.792. The van der Waals surface area contributed by atoms with E-state index in [4.69, 9.17) is 4.74 Å². The molecular formula is C18H25NOS. The summed E-state index contributed by atoms with van der Waals surface area (Å²) in [7, 11) is 0. The molecule has 21 heavy (non-hydrogen) atoms. The molecular weight excluding hydrogens is 278 g/mol. The number of rotatable bonds is 9. The van der Waals surface area contributed by atoms with Crippen LogP contribution in [0.1, 0.15) is 25.3 Å². The van der Waals surface area contributed by atoms with Crippen LogP contribution in [0.3, 0.4) is 0 Å². The normalized spacial score (nSPS) is 11.0. The van der Waals surface area contributed by atoms with Crippen molar-refractivity contribution in [3.05, 3.63) is 42.0 Å². The Morgan fingerprint density at radius 3 is 2.81 bits per heavy atom. The molecule has 2 aromatic carbocycles. The van der Waals surface area contributed by atoms with Gasteiger partial charge in [0.05, 0.1) is 6.61 Å². The summed E-state index contributed by atoms with van der Waals surface area (Å²) in [5, 5.41) is 6.08. The Balaban J connectivity index is 2.18. The Morgan fingerprint density at radius 2 is 2.00 bits per heavy atom. The fourth-order valence-electron chi connectivity index (χ4n) is 2.41. The first-order chi connectivity index (χ1) is 10.4. The molecule has 2 rings (SSSR count). The predicted octanol–water partition coefficient (Wildman–Crippen LogP) is 4.47. The highest BCUT2D eigenvalue weighted by Crippen LogP contribution is 2.28. The third-order valence-corrected chi connectivity index (χ3v) is 4.17. The lowest BCUT2D eigenvalue weighted by Gasteiger charge is -2.15. The van der Waals surface area contributed by atoms with Gasteiger partial charge in [-0.15, -0.1) is 0 Å². The van der Waals surface area contributed by atoms with E-state index >= 15 is 0 Å². The van der Waals surface area contributed by atoms with Gasteiger partial charge in [-0.3, -0.25) is 0 Å². The summed E-state index contributed by atoms with van der Waals surface area (Å²) in [6.45, 7) is 4.89. The molecule has 0 aliphatic carbocycles. The number of fused-ring (bicyclic) bond motifs is 1. The smallest absolute Gasteiger partial charge is 0.124 e. The Morgan fingerprint density at radius 1 is 1.14 bits per heavy atom. The molecule has 0 spiro atoms. The second-order valence-corrected chi connectivity index (χ2v) is 6.12. The van der Waals surface area contributed by atoms with Crippen molar-refractivity contribution >= 4 is 22.5 Å². The zero-order chi connectivity index (χ0) is 14.9. The van der Waals surface area contributed by atoms with Crippen LogP contribution in [0.2, 0.25) is 0 Å². The standard InChI is InChI=1S/C18H25NOS/c1-3-11-19-14-17-16-8-5-4-7-15(16)9-10-18(17)20-12-6-13-21-2/h4-5,7-10,19H,3,6,11-14H2,1-2H3. The lowest BCUT2D eigenvalue weighted by Crippen LogP contribution is -2.15. The first kappa shape index (κ1) is 16.2. The van der Waals surface area contributed by atoms with Crippen LogP contribution in [-0.2, 0) is 6.54 Å². The molecule has 0 unspecified atom stereocenters. The summed E-state index contributed by atoms with van der Waals surface area (Å²) in [4.78, 5) is 0. The minimum atomic E-state index is 0.792. The van der Waals surface area contributed by atoms with Gasteiger partial charge in [-0.2, -0.15) is 11.8 Å². The number of hydrogen-bond acceptors (Lipinski definition) is 3. The molecule has 0 amide bonds. The molecule has 0 aliphatic heterocycles. The molecule has 0 aliphatic rings. The molecule has 0 radical (unpaired) electrons. The second kappa shape index (κ2) is 8.96. The van der Waals surface area contributed by atoms with Gasteiger partial charge in [-0.05, 0) is 48.2 Å². The molecule has 2 nitrogen and oxygen atoms in total. The zero-order valence-electron chi connectivity index (χ0n) is 13.0. The van der Waals surface area contributed by atoms with Crippen molar-refractivity contribution < 1.29 is 4.74 Å². The van der Waals surface area contributed by atoms with E-state index in [1.54, 1.807) is 0 Å². The van der Waals surface area contributed by atoms with Crippen molar-refractivity contribution in [1.82, 2.24) is 5.32 Å². The van der Waals surface area contributed by atoms with Crippen LogP contribution in [0.5, 0.6) is 5.75 Å². The summed E-state index contributed by atoms with van der Waals surface area (Å²) in [5.74, 6) is 2.18. The largest absolute Gasteiger partial charge is 0.493 e. The van der Waals surface area contributed by atoms with Crippen molar-refractivity contribution in [3.8, 4) is 5.75 Å². The van der Waals surface area contributed by atoms with Gasteiger partial charge in [-0.25, -0.2) is 0 Å². The Kier molecular flexibility index (Phi) is 6.90. The Bertz CT molecular complexity index is 556. The number of nitrogens with one attached hydrogen (secondary N) is 1. The second-order valence-electron chi connectivity index (χ2n) is 5.13. The zero-order valence-corrected chi connectivity index (χ0v) is 13.8. The molecule has 0 saturated heterocycles. The molecule has 0 aromatic heterocycles. The van der Waals surface area contributed by atoms with Crippen molar-refractivity contribution in [2.75, 3.05) is 25.2 Å². The van der Waals surface area contributed by atoms with Gasteiger partial charge in [-0.1, -0.05) is 37.3 Å². The highest BCUT2D eigenvalue weighted by Gasteiger charge is 2.08. The van der Waals surface area contributed by atoms with E-state index in [2.05, 4.69) is 54.9 Å². The van der Waals surface area contributed by atoms with E-state index in [0.717, 1.165) is 44.0 Å². The maximum atomic E-state index is 6.02. The molecule has 3 heteroatoms. The number of thioether (sulfide) groups is 1. The van der Waals surface area contributed by atoms with E-state index in [-0.39, 0.29) is 0 Å². The average molecular weight is 303 g/mol. The maximum absolute atomic E-state index is 6.02. The van der Waals surface area contributed by atoms with Gasteiger partial charge in [0, 0.05) is 12.1 Å². The van der Waals surface area contributed by atoms with Gasteiger partial charge >= 0.3 is 0 Å². The minimum Gasteiger partial charge on any atom is -0.493 e. The topological polar surface area (TPSA) is 21.3 Å². The quantitative estimate of drug-likeness (QED) is 0.691. The molecule has 0 fully saturated rings.